The Morgan fingerprint density at radius 3 is 2.80 bits per heavy atom. The van der Waals surface area contributed by atoms with Crippen molar-refractivity contribution in [1.82, 2.24) is 14.8 Å². The second-order valence-electron chi connectivity index (χ2n) is 6.87. The van der Waals surface area contributed by atoms with E-state index in [9.17, 15) is 4.79 Å². The Bertz CT molecular complexity index is 761. The minimum atomic E-state index is -0.378. The number of pyridine rings is 1. The number of rotatable bonds is 4. The van der Waals surface area contributed by atoms with Crippen LogP contribution in [-0.4, -0.2) is 40.5 Å². The van der Waals surface area contributed by atoms with Gasteiger partial charge in [0.2, 0.25) is 5.91 Å². The van der Waals surface area contributed by atoms with Crippen LogP contribution in [0, 0.1) is 0 Å². The summed E-state index contributed by atoms with van der Waals surface area (Å²) in [5.41, 5.74) is 8.07. The van der Waals surface area contributed by atoms with Gasteiger partial charge in [0.1, 0.15) is 0 Å². The predicted octanol–water partition coefficient (Wildman–Crippen LogP) is 2.05. The highest BCUT2D eigenvalue weighted by Gasteiger charge is 2.26. The summed E-state index contributed by atoms with van der Waals surface area (Å²) >= 11 is 0. The Morgan fingerprint density at radius 1 is 1.24 bits per heavy atom. The quantitative estimate of drug-likeness (QED) is 0.916. The Hall–Kier alpha value is -1.99. The van der Waals surface area contributed by atoms with Crippen LogP contribution in [0.3, 0.4) is 0 Å². The molecule has 2 aromatic heterocycles. The van der Waals surface area contributed by atoms with Gasteiger partial charge >= 0.3 is 0 Å². The highest BCUT2D eigenvalue weighted by Crippen LogP contribution is 2.34. The van der Waals surface area contributed by atoms with Gasteiger partial charge in [-0.05, 0) is 38.2 Å². The molecule has 0 aliphatic carbocycles. The predicted molar refractivity (Wildman–Crippen MR) is 92.1 cm³/mol. The van der Waals surface area contributed by atoms with E-state index in [1.165, 1.54) is 0 Å². The zero-order valence-corrected chi connectivity index (χ0v) is 14.3. The highest BCUT2D eigenvalue weighted by molar-refractivity contribution is 5.83. The number of fused-ring (bicyclic) bond motifs is 1. The first-order valence-corrected chi connectivity index (χ1v) is 9.07. The number of carbonyl (C=O) groups excluding carboxylic acids is 1. The summed E-state index contributed by atoms with van der Waals surface area (Å²) in [6.45, 7) is 2.30. The van der Waals surface area contributed by atoms with E-state index in [2.05, 4.69) is 4.98 Å². The molecule has 2 fully saturated rings. The molecule has 4 heterocycles. The lowest BCUT2D eigenvalue weighted by Gasteiger charge is -2.24. The third-order valence-electron chi connectivity index (χ3n) is 5.07. The van der Waals surface area contributed by atoms with Gasteiger partial charge in [0, 0.05) is 37.3 Å². The Labute approximate surface area is 146 Å². The number of hydrogen-bond donors (Lipinski definition) is 1. The highest BCUT2D eigenvalue weighted by atomic mass is 16.5. The van der Waals surface area contributed by atoms with E-state index in [0.29, 0.717) is 11.6 Å². The van der Waals surface area contributed by atoms with Gasteiger partial charge in [0.05, 0.1) is 23.3 Å². The lowest BCUT2D eigenvalue weighted by molar-refractivity contribution is -0.117. The van der Waals surface area contributed by atoms with Crippen LogP contribution < -0.4 is 5.73 Å². The van der Waals surface area contributed by atoms with E-state index in [0.717, 1.165) is 68.5 Å². The first kappa shape index (κ1) is 16.5. The molecule has 1 unspecified atom stereocenters. The van der Waals surface area contributed by atoms with Crippen molar-refractivity contribution in [3.8, 4) is 0 Å². The molecule has 134 valence electrons. The van der Waals surface area contributed by atoms with E-state index in [1.54, 1.807) is 0 Å². The molecule has 2 aromatic rings. The average Bonchev–Trinajstić information content (AvgIpc) is 3.01. The van der Waals surface area contributed by atoms with Gasteiger partial charge in [-0.15, -0.1) is 0 Å². The molecule has 7 nitrogen and oxygen atoms in total. The molecule has 2 saturated heterocycles. The molecule has 2 N–H and O–H groups in total. The Balaban J connectivity index is 1.77. The minimum absolute atomic E-state index is 0.0475. The fourth-order valence-electron chi connectivity index (χ4n) is 3.78. The number of amides is 1. The molecule has 7 heteroatoms. The standard InChI is InChI=1S/C18H24N4O3/c19-16(23)10-13-9-15-14(11-20-13)18(12-4-7-24-8-5-12)21-22(15)17-3-1-2-6-25-17/h9,11-12,17H,1-8,10H2,(H2,19,23). The average molecular weight is 344 g/mol. The maximum atomic E-state index is 11.3. The van der Waals surface area contributed by atoms with Gasteiger partial charge in [-0.3, -0.25) is 9.78 Å². The SMILES string of the molecule is NC(=O)Cc1cc2c(cn1)c(C1CCOCC1)nn2C1CCCCO1. The molecular formula is C18H24N4O3. The molecule has 0 bridgehead atoms. The molecule has 0 radical (unpaired) electrons. The molecule has 1 atom stereocenters. The first-order valence-electron chi connectivity index (χ1n) is 9.07. The third-order valence-corrected chi connectivity index (χ3v) is 5.07. The number of hydrogen-bond acceptors (Lipinski definition) is 5. The van der Waals surface area contributed by atoms with Crippen molar-refractivity contribution in [3.63, 3.8) is 0 Å². The fraction of sp³-hybridized carbons (Fsp3) is 0.611. The van der Waals surface area contributed by atoms with Crippen LogP contribution in [0.4, 0.5) is 0 Å². The fourth-order valence-corrected chi connectivity index (χ4v) is 3.78. The molecule has 0 aromatic carbocycles. The summed E-state index contributed by atoms with van der Waals surface area (Å²) in [7, 11) is 0. The van der Waals surface area contributed by atoms with Crippen LogP contribution in [0.2, 0.25) is 0 Å². The van der Waals surface area contributed by atoms with E-state index >= 15 is 0 Å². The van der Waals surface area contributed by atoms with Gasteiger partial charge in [0.25, 0.3) is 0 Å². The van der Waals surface area contributed by atoms with Crippen LogP contribution in [0.5, 0.6) is 0 Å². The summed E-state index contributed by atoms with van der Waals surface area (Å²) in [4.78, 5) is 15.7. The van der Waals surface area contributed by atoms with Crippen molar-refractivity contribution in [1.29, 1.82) is 0 Å². The minimum Gasteiger partial charge on any atom is -0.381 e. The second kappa shape index (κ2) is 7.09. The zero-order chi connectivity index (χ0) is 17.2. The van der Waals surface area contributed by atoms with Gasteiger partial charge in [-0.2, -0.15) is 5.10 Å². The summed E-state index contributed by atoms with van der Waals surface area (Å²) < 4.78 is 13.4. The maximum absolute atomic E-state index is 11.3. The monoisotopic (exact) mass is 344 g/mol. The largest absolute Gasteiger partial charge is 0.381 e. The van der Waals surface area contributed by atoms with Crippen molar-refractivity contribution in [3.05, 3.63) is 23.7 Å². The molecule has 1 amide bonds. The van der Waals surface area contributed by atoms with Crippen molar-refractivity contribution in [2.24, 2.45) is 5.73 Å². The zero-order valence-electron chi connectivity index (χ0n) is 14.3. The van der Waals surface area contributed by atoms with Crippen molar-refractivity contribution in [2.75, 3.05) is 19.8 Å². The molecule has 2 aliphatic rings. The smallest absolute Gasteiger partial charge is 0.223 e. The summed E-state index contributed by atoms with van der Waals surface area (Å²) in [6, 6.07) is 1.94. The number of nitrogens with two attached hydrogens (primary N) is 1. The van der Waals surface area contributed by atoms with Gasteiger partial charge < -0.3 is 15.2 Å². The van der Waals surface area contributed by atoms with Crippen LogP contribution >= 0.6 is 0 Å². The van der Waals surface area contributed by atoms with Crippen LogP contribution in [0.25, 0.3) is 10.9 Å². The lowest BCUT2D eigenvalue weighted by Crippen LogP contribution is -2.20. The van der Waals surface area contributed by atoms with Gasteiger partial charge in [0.15, 0.2) is 6.23 Å². The van der Waals surface area contributed by atoms with E-state index in [4.69, 9.17) is 20.3 Å². The van der Waals surface area contributed by atoms with E-state index in [-0.39, 0.29) is 18.6 Å². The number of ether oxygens (including phenoxy) is 2. The van der Waals surface area contributed by atoms with E-state index < -0.39 is 0 Å². The molecule has 0 spiro atoms. The third kappa shape index (κ3) is 3.39. The topological polar surface area (TPSA) is 92.3 Å². The van der Waals surface area contributed by atoms with Crippen LogP contribution in [-0.2, 0) is 20.7 Å². The number of carbonyl (C=O) groups is 1. The normalized spacial score (nSPS) is 22.3. The number of aromatic nitrogens is 3. The molecule has 4 rings (SSSR count). The van der Waals surface area contributed by atoms with Gasteiger partial charge in [-0.1, -0.05) is 0 Å². The van der Waals surface area contributed by atoms with Crippen molar-refractivity contribution in [2.45, 2.75) is 50.7 Å². The number of primary amides is 1. The maximum Gasteiger partial charge on any atom is 0.223 e. The molecule has 2 aliphatic heterocycles. The second-order valence-corrected chi connectivity index (χ2v) is 6.87. The summed E-state index contributed by atoms with van der Waals surface area (Å²) in [5.74, 6) is 0.00126. The first-order chi connectivity index (χ1) is 12.2. The molecule has 25 heavy (non-hydrogen) atoms. The Morgan fingerprint density at radius 2 is 2.08 bits per heavy atom. The van der Waals surface area contributed by atoms with Crippen molar-refractivity contribution >= 4 is 16.8 Å². The van der Waals surface area contributed by atoms with Crippen molar-refractivity contribution < 1.29 is 14.3 Å². The van der Waals surface area contributed by atoms with Crippen LogP contribution in [0.1, 0.15) is 55.6 Å². The van der Waals surface area contributed by atoms with Crippen LogP contribution in [0.15, 0.2) is 12.3 Å². The Kier molecular flexibility index (Phi) is 4.67. The molecular weight excluding hydrogens is 320 g/mol. The summed E-state index contributed by atoms with van der Waals surface area (Å²) in [5, 5.41) is 5.99. The van der Waals surface area contributed by atoms with E-state index in [1.807, 2.05) is 16.9 Å². The van der Waals surface area contributed by atoms with Gasteiger partial charge in [-0.25, -0.2) is 4.68 Å². The summed E-state index contributed by atoms with van der Waals surface area (Å²) in [6.07, 6.45) is 7.06. The molecule has 0 saturated carbocycles. The number of nitrogens with zero attached hydrogens (tertiary/aromatic N) is 3. The lowest BCUT2D eigenvalue weighted by atomic mass is 9.94.